The second kappa shape index (κ2) is 8.73. The number of nitrogens with zero attached hydrogens (tertiary/aromatic N) is 5. The van der Waals surface area contributed by atoms with Gasteiger partial charge in [-0.15, -0.1) is 5.10 Å². The highest BCUT2D eigenvalue weighted by Gasteiger charge is 2.20. The van der Waals surface area contributed by atoms with Gasteiger partial charge in [-0.2, -0.15) is 0 Å². The first-order chi connectivity index (χ1) is 13.8. The molecule has 1 aliphatic rings. The molecule has 1 amide bonds. The number of morpholine rings is 1. The number of aromatic nitrogens is 4. The van der Waals surface area contributed by atoms with E-state index in [1.807, 2.05) is 42.5 Å². The predicted molar refractivity (Wildman–Crippen MR) is 103 cm³/mol. The molecule has 144 valence electrons. The SMILES string of the molecule is O=C(N[C@H](CN1CCOCC1)c1ccccc1)c1ccc(-n2cnnn2)cc1. The zero-order valence-corrected chi connectivity index (χ0v) is 15.4. The third-order valence-corrected chi connectivity index (χ3v) is 4.79. The van der Waals surface area contributed by atoms with Crippen molar-refractivity contribution >= 4 is 5.91 Å². The molecular weight excluding hydrogens is 356 g/mol. The molecule has 0 radical (unpaired) electrons. The summed E-state index contributed by atoms with van der Waals surface area (Å²) in [5.41, 5.74) is 2.49. The Balaban J connectivity index is 1.48. The van der Waals surface area contributed by atoms with Crippen LogP contribution in [0.3, 0.4) is 0 Å². The number of amides is 1. The zero-order chi connectivity index (χ0) is 19.2. The second-order valence-electron chi connectivity index (χ2n) is 6.65. The largest absolute Gasteiger partial charge is 0.379 e. The quantitative estimate of drug-likeness (QED) is 0.699. The summed E-state index contributed by atoms with van der Waals surface area (Å²) in [5, 5.41) is 14.3. The van der Waals surface area contributed by atoms with Gasteiger partial charge in [0, 0.05) is 25.2 Å². The summed E-state index contributed by atoms with van der Waals surface area (Å²) in [6.45, 7) is 3.96. The van der Waals surface area contributed by atoms with Crippen LogP contribution in [0.1, 0.15) is 22.0 Å². The predicted octanol–water partition coefficient (Wildman–Crippen LogP) is 1.47. The smallest absolute Gasteiger partial charge is 0.251 e. The minimum Gasteiger partial charge on any atom is -0.379 e. The Labute approximate surface area is 163 Å². The summed E-state index contributed by atoms with van der Waals surface area (Å²) in [5.74, 6) is -0.106. The van der Waals surface area contributed by atoms with Crippen LogP contribution in [0.15, 0.2) is 60.9 Å². The Hall–Kier alpha value is -3.10. The number of rotatable bonds is 6. The normalized spacial score (nSPS) is 15.9. The van der Waals surface area contributed by atoms with Gasteiger partial charge in [0.15, 0.2) is 0 Å². The molecule has 1 N–H and O–H groups in total. The number of benzene rings is 2. The molecule has 0 bridgehead atoms. The molecule has 4 rings (SSSR count). The number of ether oxygens (including phenoxy) is 1. The molecule has 2 heterocycles. The van der Waals surface area contributed by atoms with Crippen molar-refractivity contribution in [3.8, 4) is 5.69 Å². The van der Waals surface area contributed by atoms with Gasteiger partial charge in [-0.3, -0.25) is 9.69 Å². The van der Waals surface area contributed by atoms with E-state index in [0.29, 0.717) is 5.56 Å². The van der Waals surface area contributed by atoms with E-state index in [2.05, 4.69) is 25.7 Å². The first kappa shape index (κ1) is 18.3. The van der Waals surface area contributed by atoms with E-state index >= 15 is 0 Å². The summed E-state index contributed by atoms with van der Waals surface area (Å²) in [6, 6.07) is 17.2. The van der Waals surface area contributed by atoms with Gasteiger partial charge in [0.2, 0.25) is 0 Å². The molecule has 1 fully saturated rings. The number of hydrogen-bond donors (Lipinski definition) is 1. The van der Waals surface area contributed by atoms with Crippen LogP contribution in [0, 0.1) is 0 Å². The number of carbonyl (C=O) groups is 1. The van der Waals surface area contributed by atoms with Crippen LogP contribution >= 0.6 is 0 Å². The van der Waals surface area contributed by atoms with Crippen LogP contribution in [0.4, 0.5) is 0 Å². The highest BCUT2D eigenvalue weighted by Crippen LogP contribution is 2.17. The molecule has 0 saturated carbocycles. The fourth-order valence-electron chi connectivity index (χ4n) is 3.25. The summed E-state index contributed by atoms with van der Waals surface area (Å²) in [6.07, 6.45) is 1.52. The number of nitrogens with one attached hydrogen (secondary N) is 1. The molecule has 0 spiro atoms. The van der Waals surface area contributed by atoms with Crippen molar-refractivity contribution in [1.82, 2.24) is 30.4 Å². The molecule has 0 aliphatic carbocycles. The molecule has 3 aromatic rings. The van der Waals surface area contributed by atoms with E-state index in [9.17, 15) is 4.79 Å². The van der Waals surface area contributed by atoms with Crippen LogP contribution in [0.5, 0.6) is 0 Å². The maximum absolute atomic E-state index is 12.9. The van der Waals surface area contributed by atoms with Crippen molar-refractivity contribution in [1.29, 1.82) is 0 Å². The number of hydrogen-bond acceptors (Lipinski definition) is 6. The molecule has 28 heavy (non-hydrogen) atoms. The standard InChI is InChI=1S/C20H22N6O2/c27-20(17-6-8-18(9-7-17)26-15-21-23-24-26)22-19(16-4-2-1-3-5-16)14-25-10-12-28-13-11-25/h1-9,15,19H,10-14H2,(H,22,27)/t19-/m1/s1. The third-order valence-electron chi connectivity index (χ3n) is 4.79. The highest BCUT2D eigenvalue weighted by atomic mass is 16.5. The molecule has 1 aliphatic heterocycles. The van der Waals surface area contributed by atoms with Gasteiger partial charge in [-0.05, 0) is 40.3 Å². The summed E-state index contributed by atoms with van der Waals surface area (Å²) < 4.78 is 6.98. The van der Waals surface area contributed by atoms with Gasteiger partial charge >= 0.3 is 0 Å². The van der Waals surface area contributed by atoms with Crippen LogP contribution in [0.25, 0.3) is 5.69 Å². The van der Waals surface area contributed by atoms with Crippen molar-refractivity contribution in [2.24, 2.45) is 0 Å². The van der Waals surface area contributed by atoms with Crippen LogP contribution in [-0.4, -0.2) is 63.9 Å². The van der Waals surface area contributed by atoms with Crippen LogP contribution < -0.4 is 5.32 Å². The molecule has 8 nitrogen and oxygen atoms in total. The van der Waals surface area contributed by atoms with E-state index < -0.39 is 0 Å². The lowest BCUT2D eigenvalue weighted by Gasteiger charge is -2.31. The van der Waals surface area contributed by atoms with Crippen molar-refractivity contribution in [3.63, 3.8) is 0 Å². The summed E-state index contributed by atoms with van der Waals surface area (Å²) >= 11 is 0. The van der Waals surface area contributed by atoms with Crippen molar-refractivity contribution < 1.29 is 9.53 Å². The van der Waals surface area contributed by atoms with Gasteiger partial charge in [0.05, 0.1) is 24.9 Å². The van der Waals surface area contributed by atoms with Crippen LogP contribution in [0.2, 0.25) is 0 Å². The number of tetrazole rings is 1. The topological polar surface area (TPSA) is 85.2 Å². The van der Waals surface area contributed by atoms with E-state index in [1.165, 1.54) is 6.33 Å². The van der Waals surface area contributed by atoms with Crippen molar-refractivity contribution in [3.05, 3.63) is 72.1 Å². The first-order valence-corrected chi connectivity index (χ1v) is 9.29. The lowest BCUT2D eigenvalue weighted by Crippen LogP contribution is -2.43. The monoisotopic (exact) mass is 378 g/mol. The minimum absolute atomic E-state index is 0.0917. The Bertz CT molecular complexity index is 877. The Kier molecular flexibility index (Phi) is 5.69. The molecule has 1 aromatic heterocycles. The molecular formula is C20H22N6O2. The maximum atomic E-state index is 12.9. The molecule has 1 saturated heterocycles. The van der Waals surface area contributed by atoms with E-state index in [1.54, 1.807) is 16.8 Å². The number of carbonyl (C=O) groups excluding carboxylic acids is 1. The fraction of sp³-hybridized carbons (Fsp3) is 0.300. The summed E-state index contributed by atoms with van der Waals surface area (Å²) in [4.78, 5) is 15.2. The highest BCUT2D eigenvalue weighted by molar-refractivity contribution is 5.94. The van der Waals surface area contributed by atoms with E-state index in [-0.39, 0.29) is 11.9 Å². The molecule has 8 heteroatoms. The van der Waals surface area contributed by atoms with Gasteiger partial charge in [0.1, 0.15) is 6.33 Å². The van der Waals surface area contributed by atoms with Crippen LogP contribution in [-0.2, 0) is 4.74 Å². The third kappa shape index (κ3) is 4.41. The van der Waals surface area contributed by atoms with E-state index in [0.717, 1.165) is 44.1 Å². The van der Waals surface area contributed by atoms with Gasteiger partial charge < -0.3 is 10.1 Å². The Morgan fingerprint density at radius 1 is 1.07 bits per heavy atom. The average molecular weight is 378 g/mol. The summed E-state index contributed by atoms with van der Waals surface area (Å²) in [7, 11) is 0. The zero-order valence-electron chi connectivity index (χ0n) is 15.4. The lowest BCUT2D eigenvalue weighted by molar-refractivity contribution is 0.0332. The maximum Gasteiger partial charge on any atom is 0.251 e. The molecule has 0 unspecified atom stereocenters. The molecule has 2 aromatic carbocycles. The fourth-order valence-corrected chi connectivity index (χ4v) is 3.25. The van der Waals surface area contributed by atoms with Gasteiger partial charge in [-0.1, -0.05) is 30.3 Å². The first-order valence-electron chi connectivity index (χ1n) is 9.29. The average Bonchev–Trinajstić information content (AvgIpc) is 3.30. The Morgan fingerprint density at radius 2 is 1.82 bits per heavy atom. The minimum atomic E-state index is -0.106. The molecule has 1 atom stereocenters. The van der Waals surface area contributed by atoms with Gasteiger partial charge in [0.25, 0.3) is 5.91 Å². The Morgan fingerprint density at radius 3 is 2.50 bits per heavy atom. The van der Waals surface area contributed by atoms with Crippen molar-refractivity contribution in [2.75, 3.05) is 32.8 Å². The van der Waals surface area contributed by atoms with Crippen molar-refractivity contribution in [2.45, 2.75) is 6.04 Å². The van der Waals surface area contributed by atoms with E-state index in [4.69, 9.17) is 4.74 Å². The lowest BCUT2D eigenvalue weighted by atomic mass is 10.1. The van der Waals surface area contributed by atoms with Gasteiger partial charge in [-0.25, -0.2) is 4.68 Å². The second-order valence-corrected chi connectivity index (χ2v) is 6.65.